The molecule has 0 aliphatic carbocycles. The second kappa shape index (κ2) is 7.93. The molecule has 2 aromatic heterocycles. The van der Waals surface area contributed by atoms with Gasteiger partial charge in [0.15, 0.2) is 22.8 Å². The van der Waals surface area contributed by atoms with Crippen molar-refractivity contribution in [3.63, 3.8) is 0 Å². The first-order chi connectivity index (χ1) is 11.7. The zero-order chi connectivity index (χ0) is 18.6. The summed E-state index contributed by atoms with van der Waals surface area (Å²) in [6, 6.07) is -0.384. The number of methoxy groups -OCH3 is 1. The zero-order valence-electron chi connectivity index (χ0n) is 13.7. The van der Waals surface area contributed by atoms with E-state index in [2.05, 4.69) is 15.0 Å². The molecular formula is C12H20N5O7P. The maximum atomic E-state index is 11.1. The molecule has 0 spiro atoms. The van der Waals surface area contributed by atoms with Gasteiger partial charge in [0.1, 0.15) is 6.61 Å². The molecule has 1 atom stereocenters. The zero-order valence-corrected chi connectivity index (χ0v) is 14.6. The highest BCUT2D eigenvalue weighted by Crippen LogP contribution is 2.41. The first-order valence-corrected chi connectivity index (χ1v) is 8.93. The van der Waals surface area contributed by atoms with E-state index in [-0.39, 0.29) is 48.8 Å². The molecule has 140 valence electrons. The van der Waals surface area contributed by atoms with Crippen LogP contribution in [0.4, 0.5) is 5.82 Å². The van der Waals surface area contributed by atoms with Crippen LogP contribution >= 0.6 is 7.60 Å². The molecule has 2 aromatic rings. The van der Waals surface area contributed by atoms with Crippen molar-refractivity contribution in [1.82, 2.24) is 19.5 Å². The summed E-state index contributed by atoms with van der Waals surface area (Å²) in [5.74, 6) is -1.24. The number of nitrogen functional groups attached to an aromatic ring is 1. The molecular weight excluding hydrogens is 357 g/mol. The number of ether oxygens (including phenoxy) is 3. The Balaban J connectivity index is 2.18. The van der Waals surface area contributed by atoms with Gasteiger partial charge in [0.05, 0.1) is 19.8 Å². The van der Waals surface area contributed by atoms with Gasteiger partial charge in [-0.1, -0.05) is 0 Å². The molecule has 2 heterocycles. The average molecular weight is 377 g/mol. The van der Waals surface area contributed by atoms with Gasteiger partial charge in [0.25, 0.3) is 6.01 Å². The summed E-state index contributed by atoms with van der Waals surface area (Å²) in [5, 5.41) is 9.95. The van der Waals surface area contributed by atoms with Crippen molar-refractivity contribution in [2.24, 2.45) is 0 Å². The van der Waals surface area contributed by atoms with Crippen LogP contribution in [0, 0.1) is 0 Å². The highest BCUT2D eigenvalue weighted by molar-refractivity contribution is 7.52. The van der Waals surface area contributed by atoms with Crippen LogP contribution in [0.5, 0.6) is 12.0 Å². The number of hydrogen-bond donors (Lipinski definition) is 4. The van der Waals surface area contributed by atoms with Crippen LogP contribution in [-0.4, -0.2) is 67.2 Å². The van der Waals surface area contributed by atoms with Crippen LogP contribution < -0.4 is 10.5 Å². The highest BCUT2D eigenvalue weighted by atomic mass is 31.2. The second-order valence-electron chi connectivity index (χ2n) is 5.03. The summed E-state index contributed by atoms with van der Waals surface area (Å²) in [4.78, 5) is 29.9. The van der Waals surface area contributed by atoms with E-state index < -0.39 is 13.4 Å². The molecule has 0 radical (unpaired) electrons. The molecule has 0 saturated carbocycles. The van der Waals surface area contributed by atoms with E-state index >= 15 is 0 Å². The summed E-state index contributed by atoms with van der Waals surface area (Å²) in [6.07, 6.45) is 0. The maximum absolute atomic E-state index is 11.1. The van der Waals surface area contributed by atoms with Crippen molar-refractivity contribution in [2.75, 3.05) is 32.7 Å². The standard InChI is InChI=1S/C12H20N5O7P/c1-7(25(19,20)21)23-4-3-17-10-8(14-12(17)18)9(13)15-11(16-10)24-6-5-22-2/h7H,3-6H2,1-2H3,(H,14,18)(H2,13,15,16)(H2,19,20,21). The molecule has 12 nitrogen and oxygen atoms in total. The van der Waals surface area contributed by atoms with Gasteiger partial charge in [0.2, 0.25) is 0 Å². The van der Waals surface area contributed by atoms with Crippen molar-refractivity contribution in [3.05, 3.63) is 0 Å². The summed E-state index contributed by atoms with van der Waals surface area (Å²) >= 11 is 0. The van der Waals surface area contributed by atoms with E-state index in [1.165, 1.54) is 18.6 Å². The maximum Gasteiger partial charge on any atom is 0.353 e. The summed E-state index contributed by atoms with van der Waals surface area (Å²) in [5.41, 5.74) is 6.19. The summed E-state index contributed by atoms with van der Waals surface area (Å²) in [7, 11) is -2.82. The van der Waals surface area contributed by atoms with Crippen LogP contribution in [0.15, 0.2) is 0 Å². The number of nitrogens with two attached hydrogens (primary N) is 1. The topological polar surface area (TPSA) is 175 Å². The van der Waals surface area contributed by atoms with Gasteiger partial charge in [-0.15, -0.1) is 0 Å². The lowest BCUT2D eigenvalue weighted by Gasteiger charge is -2.14. The Morgan fingerprint density at radius 1 is 1.24 bits per heavy atom. The van der Waals surface area contributed by atoms with Crippen LogP contribution in [0.1, 0.15) is 6.92 Å². The molecule has 0 bridgehead atoms. The lowest BCUT2D eigenvalue weighted by molar-refractivity contribution is 0.0898. The van der Waals surface area contributed by atoms with Crippen LogP contribution in [0.3, 0.4) is 0 Å². The number of aromatic hydroxyl groups is 1. The highest BCUT2D eigenvalue weighted by Gasteiger charge is 2.25. The molecule has 25 heavy (non-hydrogen) atoms. The predicted molar refractivity (Wildman–Crippen MR) is 86.2 cm³/mol. The molecule has 13 heteroatoms. The van der Waals surface area contributed by atoms with E-state index in [1.807, 2.05) is 0 Å². The van der Waals surface area contributed by atoms with E-state index in [4.69, 9.17) is 29.7 Å². The Morgan fingerprint density at radius 3 is 2.60 bits per heavy atom. The largest absolute Gasteiger partial charge is 0.480 e. The lowest BCUT2D eigenvalue weighted by atomic mass is 10.5. The number of anilines is 1. The monoisotopic (exact) mass is 377 g/mol. The summed E-state index contributed by atoms with van der Waals surface area (Å²) in [6.45, 7) is 1.76. The minimum atomic E-state index is -4.34. The van der Waals surface area contributed by atoms with Crippen molar-refractivity contribution < 1.29 is 33.7 Å². The third-order valence-electron chi connectivity index (χ3n) is 3.25. The lowest BCUT2D eigenvalue weighted by Crippen LogP contribution is -2.14. The Morgan fingerprint density at radius 2 is 1.96 bits per heavy atom. The minimum absolute atomic E-state index is 0.00676. The first kappa shape index (κ1) is 19.3. The Kier molecular flexibility index (Phi) is 6.14. The van der Waals surface area contributed by atoms with Crippen molar-refractivity contribution >= 4 is 24.6 Å². The van der Waals surface area contributed by atoms with Crippen LogP contribution in [0.25, 0.3) is 11.2 Å². The van der Waals surface area contributed by atoms with E-state index in [9.17, 15) is 9.67 Å². The van der Waals surface area contributed by atoms with Gasteiger partial charge >= 0.3 is 13.6 Å². The Labute approximate surface area is 142 Å². The third-order valence-corrected chi connectivity index (χ3v) is 4.34. The SMILES string of the molecule is COCCOc1nc(N)c2nc(O)n(CCOC(C)P(=O)(O)O)c2n1. The second-order valence-corrected chi connectivity index (χ2v) is 6.93. The quantitative estimate of drug-likeness (QED) is 0.333. The smallest absolute Gasteiger partial charge is 0.353 e. The molecule has 5 N–H and O–H groups in total. The van der Waals surface area contributed by atoms with Crippen molar-refractivity contribution in [2.45, 2.75) is 19.3 Å². The van der Waals surface area contributed by atoms with Gasteiger partial charge in [0, 0.05) is 7.11 Å². The van der Waals surface area contributed by atoms with Gasteiger partial charge in [-0.25, -0.2) is 0 Å². The summed E-state index contributed by atoms with van der Waals surface area (Å²) < 4.78 is 27.6. The van der Waals surface area contributed by atoms with E-state index in [0.717, 1.165) is 0 Å². The van der Waals surface area contributed by atoms with Gasteiger partial charge < -0.3 is 34.8 Å². The number of nitrogens with zero attached hydrogens (tertiary/aromatic N) is 4. The molecule has 0 aliphatic rings. The fourth-order valence-electron chi connectivity index (χ4n) is 1.89. The predicted octanol–water partition coefficient (Wildman–Crippen LogP) is -0.320. The average Bonchev–Trinajstić information content (AvgIpc) is 2.83. The van der Waals surface area contributed by atoms with E-state index in [1.54, 1.807) is 0 Å². The van der Waals surface area contributed by atoms with E-state index in [0.29, 0.717) is 6.61 Å². The molecule has 1 unspecified atom stereocenters. The fraction of sp³-hybridized carbons (Fsp3) is 0.583. The normalized spacial score (nSPS) is 13.3. The molecule has 0 fully saturated rings. The van der Waals surface area contributed by atoms with Gasteiger partial charge in [-0.05, 0) is 6.92 Å². The van der Waals surface area contributed by atoms with Crippen LogP contribution in [-0.2, 0) is 20.6 Å². The third kappa shape index (κ3) is 4.77. The fourth-order valence-corrected chi connectivity index (χ4v) is 2.19. The minimum Gasteiger partial charge on any atom is -0.480 e. The first-order valence-electron chi connectivity index (χ1n) is 7.25. The molecule has 2 rings (SSSR count). The van der Waals surface area contributed by atoms with Gasteiger partial charge in [-0.2, -0.15) is 15.0 Å². The number of rotatable bonds is 9. The Bertz CT molecular complexity index is 777. The molecule has 0 aromatic carbocycles. The number of fused-ring (bicyclic) bond motifs is 1. The number of imidazole rings is 1. The van der Waals surface area contributed by atoms with Gasteiger partial charge in [-0.3, -0.25) is 9.13 Å². The molecule has 0 aliphatic heterocycles. The molecule has 0 amide bonds. The van der Waals surface area contributed by atoms with Crippen molar-refractivity contribution in [3.8, 4) is 12.0 Å². The number of hydrogen-bond acceptors (Lipinski definition) is 9. The molecule has 0 saturated heterocycles. The van der Waals surface area contributed by atoms with Crippen LogP contribution in [0.2, 0.25) is 0 Å². The van der Waals surface area contributed by atoms with Crippen molar-refractivity contribution in [1.29, 1.82) is 0 Å². The number of aromatic nitrogens is 4. The Hall–Kier alpha value is -1.98.